The SMILES string of the molecule is OC(O)Cn1nc(-c2ccc(F)cn2)cc1-c1ccccc1. The van der Waals surface area contributed by atoms with Crippen LogP contribution in [0.15, 0.2) is 54.7 Å². The van der Waals surface area contributed by atoms with Gasteiger partial charge in [0.05, 0.1) is 24.1 Å². The van der Waals surface area contributed by atoms with Crippen LogP contribution in [0.3, 0.4) is 0 Å². The fraction of sp³-hybridized carbons (Fsp3) is 0.125. The lowest BCUT2D eigenvalue weighted by molar-refractivity contribution is -0.0531. The largest absolute Gasteiger partial charge is 0.367 e. The van der Waals surface area contributed by atoms with Crippen molar-refractivity contribution in [3.8, 4) is 22.6 Å². The molecule has 0 aliphatic rings. The zero-order valence-electron chi connectivity index (χ0n) is 11.6. The van der Waals surface area contributed by atoms with Gasteiger partial charge in [0.2, 0.25) is 0 Å². The van der Waals surface area contributed by atoms with E-state index in [0.717, 1.165) is 17.5 Å². The molecule has 112 valence electrons. The predicted molar refractivity (Wildman–Crippen MR) is 79.1 cm³/mol. The van der Waals surface area contributed by atoms with Gasteiger partial charge in [-0.15, -0.1) is 0 Å². The Bertz CT molecular complexity index is 755. The lowest BCUT2D eigenvalue weighted by Crippen LogP contribution is -2.16. The average molecular weight is 299 g/mol. The van der Waals surface area contributed by atoms with E-state index in [1.807, 2.05) is 30.3 Å². The van der Waals surface area contributed by atoms with E-state index in [-0.39, 0.29) is 6.54 Å². The van der Waals surface area contributed by atoms with Crippen LogP contribution < -0.4 is 0 Å². The molecule has 0 aliphatic carbocycles. The Morgan fingerprint density at radius 1 is 1.05 bits per heavy atom. The maximum atomic E-state index is 13.0. The minimum absolute atomic E-state index is 0.0641. The normalized spacial score (nSPS) is 11.1. The van der Waals surface area contributed by atoms with E-state index in [0.29, 0.717) is 11.4 Å². The average Bonchev–Trinajstić information content (AvgIpc) is 2.92. The van der Waals surface area contributed by atoms with Crippen molar-refractivity contribution in [2.45, 2.75) is 12.8 Å². The molecule has 2 heterocycles. The Hall–Kier alpha value is -2.57. The van der Waals surface area contributed by atoms with Crippen LogP contribution in [0.4, 0.5) is 4.39 Å². The highest BCUT2D eigenvalue weighted by molar-refractivity contribution is 5.66. The summed E-state index contributed by atoms with van der Waals surface area (Å²) in [6.07, 6.45) is -0.395. The van der Waals surface area contributed by atoms with Crippen molar-refractivity contribution >= 4 is 0 Å². The van der Waals surface area contributed by atoms with E-state index >= 15 is 0 Å². The van der Waals surface area contributed by atoms with Crippen LogP contribution in [0.2, 0.25) is 0 Å². The molecule has 3 rings (SSSR count). The Balaban J connectivity index is 2.06. The standard InChI is InChI=1S/C16H14FN3O2/c17-12-6-7-13(18-9-12)14-8-15(11-4-2-1-3-5-11)20(19-14)10-16(21)22/h1-9,16,21-22H,10H2. The molecule has 22 heavy (non-hydrogen) atoms. The first-order valence-corrected chi connectivity index (χ1v) is 6.75. The van der Waals surface area contributed by atoms with Crippen LogP contribution in [0.1, 0.15) is 0 Å². The summed E-state index contributed by atoms with van der Waals surface area (Å²) in [5, 5.41) is 22.8. The van der Waals surface area contributed by atoms with Crippen LogP contribution in [0, 0.1) is 5.82 Å². The second kappa shape index (κ2) is 6.05. The first-order valence-electron chi connectivity index (χ1n) is 6.75. The van der Waals surface area contributed by atoms with Gasteiger partial charge < -0.3 is 10.2 Å². The fourth-order valence-electron chi connectivity index (χ4n) is 2.20. The molecule has 2 N–H and O–H groups in total. The third-order valence-electron chi connectivity index (χ3n) is 3.18. The van der Waals surface area contributed by atoms with Crippen molar-refractivity contribution in [2.24, 2.45) is 0 Å². The molecule has 0 fully saturated rings. The summed E-state index contributed by atoms with van der Waals surface area (Å²) in [6.45, 7) is -0.0641. The highest BCUT2D eigenvalue weighted by atomic mass is 19.1. The first kappa shape index (κ1) is 14.4. The number of hydrogen-bond donors (Lipinski definition) is 2. The third kappa shape index (κ3) is 3.03. The first-order chi connectivity index (χ1) is 10.6. The van der Waals surface area contributed by atoms with Crippen molar-refractivity contribution < 1.29 is 14.6 Å². The molecule has 0 radical (unpaired) electrons. The monoisotopic (exact) mass is 299 g/mol. The van der Waals surface area contributed by atoms with Gasteiger partial charge >= 0.3 is 0 Å². The lowest BCUT2D eigenvalue weighted by Gasteiger charge is -2.08. The summed E-state index contributed by atoms with van der Waals surface area (Å²) in [7, 11) is 0. The lowest BCUT2D eigenvalue weighted by atomic mass is 10.1. The van der Waals surface area contributed by atoms with Gasteiger partial charge in [0.25, 0.3) is 0 Å². The number of pyridine rings is 1. The number of benzene rings is 1. The molecule has 6 heteroatoms. The topological polar surface area (TPSA) is 71.2 Å². The molecule has 0 bridgehead atoms. The van der Waals surface area contributed by atoms with Crippen LogP contribution in [0.25, 0.3) is 22.6 Å². The molecule has 0 atom stereocenters. The van der Waals surface area contributed by atoms with E-state index < -0.39 is 12.1 Å². The number of nitrogens with zero attached hydrogens (tertiary/aromatic N) is 3. The summed E-state index contributed by atoms with van der Waals surface area (Å²) in [5.41, 5.74) is 2.68. The Labute approximate surface area is 126 Å². The second-order valence-electron chi connectivity index (χ2n) is 4.81. The van der Waals surface area contributed by atoms with Gasteiger partial charge in [-0.2, -0.15) is 5.10 Å². The van der Waals surface area contributed by atoms with Crippen molar-refractivity contribution in [3.05, 3.63) is 60.5 Å². The molecule has 2 aromatic heterocycles. The van der Waals surface area contributed by atoms with Gasteiger partial charge in [-0.25, -0.2) is 4.39 Å². The van der Waals surface area contributed by atoms with Crippen LogP contribution >= 0.6 is 0 Å². The Morgan fingerprint density at radius 2 is 1.82 bits per heavy atom. The highest BCUT2D eigenvalue weighted by Crippen LogP contribution is 2.25. The predicted octanol–water partition coefficient (Wildman–Crippen LogP) is 2.06. The fourth-order valence-corrected chi connectivity index (χ4v) is 2.20. The molecular formula is C16H14FN3O2. The van der Waals surface area contributed by atoms with Gasteiger partial charge in [-0.3, -0.25) is 9.67 Å². The van der Waals surface area contributed by atoms with Crippen molar-refractivity contribution in [1.29, 1.82) is 0 Å². The van der Waals surface area contributed by atoms with E-state index in [2.05, 4.69) is 10.1 Å². The maximum Gasteiger partial charge on any atom is 0.171 e. The zero-order chi connectivity index (χ0) is 15.5. The molecule has 0 spiro atoms. The minimum Gasteiger partial charge on any atom is -0.367 e. The van der Waals surface area contributed by atoms with E-state index in [1.165, 1.54) is 16.8 Å². The molecule has 0 saturated carbocycles. The molecule has 0 aliphatic heterocycles. The Kier molecular flexibility index (Phi) is 3.95. The summed E-state index contributed by atoms with van der Waals surface area (Å²) in [6, 6.07) is 14.1. The van der Waals surface area contributed by atoms with E-state index in [1.54, 1.807) is 6.07 Å². The summed E-state index contributed by atoms with van der Waals surface area (Å²) < 4.78 is 14.5. The zero-order valence-corrected chi connectivity index (χ0v) is 11.6. The number of halogens is 1. The highest BCUT2D eigenvalue weighted by Gasteiger charge is 2.14. The van der Waals surface area contributed by atoms with Gasteiger partial charge in [0.15, 0.2) is 6.29 Å². The second-order valence-corrected chi connectivity index (χ2v) is 4.81. The van der Waals surface area contributed by atoms with Gasteiger partial charge in [0.1, 0.15) is 11.5 Å². The van der Waals surface area contributed by atoms with Gasteiger partial charge in [-0.1, -0.05) is 30.3 Å². The minimum atomic E-state index is -1.52. The van der Waals surface area contributed by atoms with E-state index in [9.17, 15) is 14.6 Å². The number of aliphatic hydroxyl groups excluding tert-OH is 1. The molecule has 1 aromatic carbocycles. The van der Waals surface area contributed by atoms with Crippen LogP contribution in [-0.2, 0) is 6.54 Å². The van der Waals surface area contributed by atoms with Crippen LogP contribution in [0.5, 0.6) is 0 Å². The summed E-state index contributed by atoms with van der Waals surface area (Å²) in [4.78, 5) is 4.00. The molecular weight excluding hydrogens is 285 g/mol. The quantitative estimate of drug-likeness (QED) is 0.723. The Morgan fingerprint density at radius 3 is 2.45 bits per heavy atom. The van der Waals surface area contributed by atoms with Crippen molar-refractivity contribution in [1.82, 2.24) is 14.8 Å². The molecule has 3 aromatic rings. The van der Waals surface area contributed by atoms with Crippen LogP contribution in [-0.4, -0.2) is 31.3 Å². The summed E-state index contributed by atoms with van der Waals surface area (Å²) in [5.74, 6) is -0.419. The molecule has 5 nitrogen and oxygen atoms in total. The number of aromatic nitrogens is 3. The van der Waals surface area contributed by atoms with Crippen molar-refractivity contribution in [3.63, 3.8) is 0 Å². The summed E-state index contributed by atoms with van der Waals surface area (Å²) >= 11 is 0. The molecule has 0 amide bonds. The van der Waals surface area contributed by atoms with Gasteiger partial charge in [-0.05, 0) is 23.8 Å². The van der Waals surface area contributed by atoms with E-state index in [4.69, 9.17) is 0 Å². The van der Waals surface area contributed by atoms with Crippen molar-refractivity contribution in [2.75, 3.05) is 0 Å². The molecule has 0 saturated heterocycles. The number of aliphatic hydroxyl groups is 2. The molecule has 0 unspecified atom stereocenters. The third-order valence-corrected chi connectivity index (χ3v) is 3.18. The smallest absolute Gasteiger partial charge is 0.171 e. The number of rotatable bonds is 4. The number of hydrogen-bond acceptors (Lipinski definition) is 4. The van der Waals surface area contributed by atoms with Gasteiger partial charge in [0, 0.05) is 0 Å². The maximum absolute atomic E-state index is 13.0.